The van der Waals surface area contributed by atoms with Crippen LogP contribution in [0.3, 0.4) is 0 Å². The van der Waals surface area contributed by atoms with Crippen molar-refractivity contribution in [1.82, 2.24) is 39.2 Å². The Morgan fingerprint density at radius 3 is 2.69 bits per heavy atom. The van der Waals surface area contributed by atoms with Gasteiger partial charge in [-0.15, -0.1) is 16.8 Å². The van der Waals surface area contributed by atoms with Crippen molar-refractivity contribution in [2.45, 2.75) is 24.8 Å². The summed E-state index contributed by atoms with van der Waals surface area (Å²) in [4.78, 5) is 29.6. The minimum Gasteiger partial charge on any atom is -0.351 e. The molecule has 0 fully saturated rings. The molecule has 0 radical (unpaired) electrons. The van der Waals surface area contributed by atoms with Crippen LogP contribution >= 0.6 is 11.8 Å². The molecule has 0 atom stereocenters. The van der Waals surface area contributed by atoms with Crippen LogP contribution in [0.15, 0.2) is 83.8 Å². The van der Waals surface area contributed by atoms with Gasteiger partial charge in [-0.3, -0.25) is 18.6 Å². The average Bonchev–Trinajstić information content (AvgIpc) is 3.55. The third-order valence-electron chi connectivity index (χ3n) is 5.52. The molecule has 5 aromatic rings. The quantitative estimate of drug-likeness (QED) is 0.251. The lowest BCUT2D eigenvalue weighted by atomic mass is 10.1. The number of hydrogen-bond donors (Lipinski definition) is 1. The van der Waals surface area contributed by atoms with E-state index in [1.54, 1.807) is 23.2 Å². The third-order valence-corrected chi connectivity index (χ3v) is 6.44. The second kappa shape index (κ2) is 9.94. The zero-order chi connectivity index (χ0) is 24.2. The summed E-state index contributed by atoms with van der Waals surface area (Å²) in [6.45, 7) is 5.02. The molecule has 5 rings (SSSR count). The Balaban J connectivity index is 1.32. The molecule has 2 aromatic carbocycles. The summed E-state index contributed by atoms with van der Waals surface area (Å²) in [6.07, 6.45) is 4.80. The number of amides is 1. The topological polar surface area (TPSA) is 112 Å². The van der Waals surface area contributed by atoms with Crippen molar-refractivity contribution in [2.75, 3.05) is 5.75 Å². The molecule has 1 N–H and O–H groups in total. The Hall–Kier alpha value is -4.25. The first-order valence-electron chi connectivity index (χ1n) is 10.9. The van der Waals surface area contributed by atoms with Gasteiger partial charge in [-0.2, -0.15) is 5.10 Å². The molecule has 11 heteroatoms. The number of fused-ring (bicyclic) bond motifs is 3. The van der Waals surface area contributed by atoms with E-state index >= 15 is 0 Å². The molecule has 0 saturated heterocycles. The molecule has 1 amide bonds. The monoisotopic (exact) mass is 486 g/mol. The SMILES string of the molecule is C=CCn1c(=O)c2ccccc2n2c(SCC(=O)NCc3ccccc3Cn3cncn3)nnc12. The summed E-state index contributed by atoms with van der Waals surface area (Å²) in [5, 5.41) is 16.7. The number of allylic oxidation sites excluding steroid dienone is 1. The van der Waals surface area contributed by atoms with Crippen LogP contribution in [0.2, 0.25) is 0 Å². The molecule has 0 bridgehead atoms. The highest BCUT2D eigenvalue weighted by Gasteiger charge is 2.17. The van der Waals surface area contributed by atoms with Crippen molar-refractivity contribution in [2.24, 2.45) is 0 Å². The van der Waals surface area contributed by atoms with Crippen LogP contribution in [0.4, 0.5) is 0 Å². The Morgan fingerprint density at radius 2 is 1.89 bits per heavy atom. The molecule has 0 aliphatic carbocycles. The van der Waals surface area contributed by atoms with Gasteiger partial charge < -0.3 is 5.32 Å². The van der Waals surface area contributed by atoms with Crippen LogP contribution in [0.25, 0.3) is 16.7 Å². The van der Waals surface area contributed by atoms with Crippen molar-refractivity contribution < 1.29 is 4.79 Å². The fourth-order valence-corrected chi connectivity index (χ4v) is 4.64. The van der Waals surface area contributed by atoms with E-state index in [-0.39, 0.29) is 17.2 Å². The van der Waals surface area contributed by atoms with Crippen molar-refractivity contribution in [1.29, 1.82) is 0 Å². The number of carbonyl (C=O) groups excluding carboxylic acids is 1. The predicted octanol–water partition coefficient (Wildman–Crippen LogP) is 2.28. The number of para-hydroxylation sites is 1. The van der Waals surface area contributed by atoms with Crippen LogP contribution in [0, 0.1) is 0 Å². The fraction of sp³-hybridized carbons (Fsp3) is 0.167. The van der Waals surface area contributed by atoms with Gasteiger partial charge >= 0.3 is 0 Å². The summed E-state index contributed by atoms with van der Waals surface area (Å²) < 4.78 is 5.08. The van der Waals surface area contributed by atoms with Gasteiger partial charge in [0.25, 0.3) is 5.56 Å². The first-order chi connectivity index (χ1) is 17.2. The van der Waals surface area contributed by atoms with E-state index in [2.05, 4.69) is 32.2 Å². The molecule has 3 heterocycles. The molecule has 35 heavy (non-hydrogen) atoms. The van der Waals surface area contributed by atoms with Crippen molar-refractivity contribution in [3.63, 3.8) is 0 Å². The number of hydrogen-bond acceptors (Lipinski definition) is 7. The fourth-order valence-electron chi connectivity index (χ4n) is 3.87. The maximum atomic E-state index is 12.9. The second-order valence-corrected chi connectivity index (χ2v) is 8.71. The average molecular weight is 487 g/mol. The van der Waals surface area contributed by atoms with Gasteiger partial charge in [0.05, 0.1) is 23.2 Å². The normalized spacial score (nSPS) is 11.2. The summed E-state index contributed by atoms with van der Waals surface area (Å²) in [5.74, 6) is 0.436. The third kappa shape index (κ3) is 4.58. The Morgan fingerprint density at radius 1 is 1.09 bits per heavy atom. The second-order valence-electron chi connectivity index (χ2n) is 7.77. The van der Waals surface area contributed by atoms with Gasteiger partial charge in [-0.25, -0.2) is 9.67 Å². The highest BCUT2D eigenvalue weighted by Crippen LogP contribution is 2.21. The van der Waals surface area contributed by atoms with E-state index in [9.17, 15) is 9.59 Å². The van der Waals surface area contributed by atoms with E-state index in [1.807, 2.05) is 46.9 Å². The van der Waals surface area contributed by atoms with Gasteiger partial charge in [-0.1, -0.05) is 54.2 Å². The summed E-state index contributed by atoms with van der Waals surface area (Å²) in [5.41, 5.74) is 2.61. The standard InChI is InChI=1S/C24H22N8O2S/c1-2-11-31-22(34)19-9-5-6-10-20(19)32-23(31)28-29-24(32)35-14-21(33)26-12-17-7-3-4-8-18(17)13-30-16-25-15-27-30/h2-10,15-16H,1,11-14H2,(H,26,33). The molecule has 0 aliphatic heterocycles. The highest BCUT2D eigenvalue weighted by molar-refractivity contribution is 7.99. The van der Waals surface area contributed by atoms with Crippen molar-refractivity contribution in [3.05, 3.63) is 95.3 Å². The first-order valence-corrected chi connectivity index (χ1v) is 11.9. The van der Waals surface area contributed by atoms with E-state index in [0.29, 0.717) is 41.5 Å². The zero-order valence-electron chi connectivity index (χ0n) is 18.7. The lowest BCUT2D eigenvalue weighted by molar-refractivity contribution is -0.118. The van der Waals surface area contributed by atoms with Crippen LogP contribution in [-0.2, 0) is 24.4 Å². The predicted molar refractivity (Wildman–Crippen MR) is 133 cm³/mol. The number of thioether (sulfide) groups is 1. The van der Waals surface area contributed by atoms with Gasteiger partial charge in [-0.05, 0) is 23.3 Å². The molecule has 176 valence electrons. The van der Waals surface area contributed by atoms with Crippen LogP contribution in [0.1, 0.15) is 11.1 Å². The summed E-state index contributed by atoms with van der Waals surface area (Å²) in [7, 11) is 0. The largest absolute Gasteiger partial charge is 0.351 e. The summed E-state index contributed by atoms with van der Waals surface area (Å²) in [6, 6.07) is 15.2. The highest BCUT2D eigenvalue weighted by atomic mass is 32.2. The lowest BCUT2D eigenvalue weighted by Crippen LogP contribution is -2.25. The molecular formula is C24H22N8O2S. The number of carbonyl (C=O) groups is 1. The molecular weight excluding hydrogens is 464 g/mol. The number of rotatable bonds is 9. The van der Waals surface area contributed by atoms with Gasteiger partial charge in [0.2, 0.25) is 11.7 Å². The van der Waals surface area contributed by atoms with E-state index in [1.165, 1.54) is 22.7 Å². The molecule has 10 nitrogen and oxygen atoms in total. The van der Waals surface area contributed by atoms with Gasteiger partial charge in [0.15, 0.2) is 5.16 Å². The number of nitrogens with zero attached hydrogens (tertiary/aromatic N) is 7. The molecule has 0 saturated carbocycles. The van der Waals surface area contributed by atoms with E-state index < -0.39 is 0 Å². The van der Waals surface area contributed by atoms with Crippen LogP contribution in [0.5, 0.6) is 0 Å². The molecule has 0 aliphatic rings. The number of nitrogens with one attached hydrogen (secondary N) is 1. The molecule has 0 unspecified atom stereocenters. The first kappa shape index (κ1) is 22.5. The van der Waals surface area contributed by atoms with Crippen molar-refractivity contribution >= 4 is 34.3 Å². The number of aromatic nitrogens is 7. The minimum atomic E-state index is -0.153. The Bertz CT molecular complexity index is 1570. The van der Waals surface area contributed by atoms with Gasteiger partial charge in [0, 0.05) is 13.1 Å². The smallest absolute Gasteiger partial charge is 0.263 e. The number of benzene rings is 2. The zero-order valence-corrected chi connectivity index (χ0v) is 19.6. The maximum Gasteiger partial charge on any atom is 0.263 e. The summed E-state index contributed by atoms with van der Waals surface area (Å²) >= 11 is 1.27. The van der Waals surface area contributed by atoms with E-state index in [4.69, 9.17) is 0 Å². The van der Waals surface area contributed by atoms with E-state index in [0.717, 1.165) is 11.1 Å². The van der Waals surface area contributed by atoms with Crippen LogP contribution < -0.4 is 10.9 Å². The molecule has 0 spiro atoms. The minimum absolute atomic E-state index is 0.133. The Labute approximate surface area is 204 Å². The maximum absolute atomic E-state index is 12.9. The molecule has 3 aromatic heterocycles. The Kier molecular flexibility index (Phi) is 6.40. The lowest BCUT2D eigenvalue weighted by Gasteiger charge is -2.11. The van der Waals surface area contributed by atoms with Gasteiger partial charge in [0.1, 0.15) is 12.7 Å². The van der Waals surface area contributed by atoms with Crippen molar-refractivity contribution in [3.8, 4) is 0 Å². The van der Waals surface area contributed by atoms with Crippen LogP contribution in [-0.4, -0.2) is 45.6 Å².